The highest BCUT2D eigenvalue weighted by atomic mass is 16.5. The zero-order chi connectivity index (χ0) is 18.5. The van der Waals surface area contributed by atoms with E-state index < -0.39 is 0 Å². The number of phenolic OH excluding ortho intramolecular Hbond substituents is 1. The van der Waals surface area contributed by atoms with Crippen LogP contribution in [0.4, 0.5) is 5.69 Å². The van der Waals surface area contributed by atoms with Crippen LogP contribution in [0.15, 0.2) is 29.4 Å². The minimum Gasteiger partial charge on any atom is -0.508 e. The Kier molecular flexibility index (Phi) is 3.75. The molecule has 2 aromatic carbocycles. The molecule has 1 N–H and O–H groups in total. The van der Waals surface area contributed by atoms with Crippen molar-refractivity contribution in [3.05, 3.63) is 51.4 Å². The van der Waals surface area contributed by atoms with Gasteiger partial charge in [0.05, 0.1) is 0 Å². The van der Waals surface area contributed by atoms with Crippen molar-refractivity contribution >= 4 is 17.3 Å². The number of benzene rings is 2. The van der Waals surface area contributed by atoms with Gasteiger partial charge < -0.3 is 14.6 Å². The number of ether oxygens (including phenoxy) is 2. The average molecular weight is 351 g/mol. The lowest BCUT2D eigenvalue weighted by Gasteiger charge is -2.34. The van der Waals surface area contributed by atoms with Crippen molar-refractivity contribution in [2.45, 2.75) is 39.2 Å². The molecule has 2 heterocycles. The van der Waals surface area contributed by atoms with Crippen molar-refractivity contribution in [3.8, 4) is 17.2 Å². The van der Waals surface area contributed by atoms with Crippen LogP contribution in [0.1, 0.15) is 42.5 Å². The first kappa shape index (κ1) is 16.6. The molecule has 2 aliphatic rings. The van der Waals surface area contributed by atoms with E-state index >= 15 is 0 Å². The summed E-state index contributed by atoms with van der Waals surface area (Å²) in [6.45, 7) is 6.32. The zero-order valence-corrected chi connectivity index (χ0v) is 15.1. The first-order valence-electron chi connectivity index (χ1n) is 8.73. The Morgan fingerprint density at radius 2 is 2.04 bits per heavy atom. The summed E-state index contributed by atoms with van der Waals surface area (Å²) in [6, 6.07) is 7.14. The molecule has 0 bridgehead atoms. The maximum Gasteiger partial charge on any atom is 0.133 e. The van der Waals surface area contributed by atoms with Gasteiger partial charge in [-0.3, -0.25) is 0 Å². The second kappa shape index (κ2) is 5.87. The first-order valence-corrected chi connectivity index (χ1v) is 8.73. The van der Waals surface area contributed by atoms with Crippen molar-refractivity contribution < 1.29 is 14.6 Å². The third-order valence-corrected chi connectivity index (χ3v) is 5.07. The normalized spacial score (nSPS) is 17.3. The van der Waals surface area contributed by atoms with Crippen molar-refractivity contribution in [1.29, 1.82) is 0 Å². The second-order valence-corrected chi connectivity index (χ2v) is 7.53. The molecule has 5 heteroatoms. The third-order valence-electron chi connectivity index (χ3n) is 5.07. The van der Waals surface area contributed by atoms with Crippen LogP contribution in [0.25, 0.3) is 11.6 Å². The largest absolute Gasteiger partial charge is 0.508 e. The van der Waals surface area contributed by atoms with Gasteiger partial charge in [0.2, 0.25) is 0 Å². The maximum atomic E-state index is 11.2. The molecular weight excluding hydrogens is 330 g/mol. The van der Waals surface area contributed by atoms with Crippen LogP contribution in [-0.4, -0.2) is 17.3 Å². The van der Waals surface area contributed by atoms with E-state index in [1.54, 1.807) is 13.0 Å². The van der Waals surface area contributed by atoms with Crippen LogP contribution in [0.3, 0.4) is 0 Å². The first-order chi connectivity index (χ1) is 12.4. The van der Waals surface area contributed by atoms with Gasteiger partial charge in [-0.1, -0.05) is 0 Å². The molecular formula is C21H21NO4. The van der Waals surface area contributed by atoms with Crippen LogP contribution in [0.2, 0.25) is 0 Å². The van der Waals surface area contributed by atoms with Crippen LogP contribution in [0, 0.1) is 11.8 Å². The Morgan fingerprint density at radius 3 is 2.81 bits per heavy atom. The minimum absolute atomic E-state index is 0.0647. The highest BCUT2D eigenvalue weighted by molar-refractivity contribution is 5.90. The second-order valence-electron chi connectivity index (χ2n) is 7.53. The Hall–Kier alpha value is -2.82. The van der Waals surface area contributed by atoms with Crippen molar-refractivity contribution in [3.63, 3.8) is 0 Å². The summed E-state index contributed by atoms with van der Waals surface area (Å²) in [6.07, 6.45) is 3.88. The molecule has 0 unspecified atom stereocenters. The summed E-state index contributed by atoms with van der Waals surface area (Å²) >= 11 is 0. The third kappa shape index (κ3) is 2.73. The van der Waals surface area contributed by atoms with E-state index in [1.165, 1.54) is 6.07 Å². The number of phenols is 1. The molecule has 0 amide bonds. The number of fused-ring (bicyclic) bond motifs is 3. The summed E-state index contributed by atoms with van der Waals surface area (Å²) in [4.78, 5) is 11.2. The molecule has 26 heavy (non-hydrogen) atoms. The maximum absolute atomic E-state index is 11.2. The zero-order valence-electron chi connectivity index (χ0n) is 15.1. The van der Waals surface area contributed by atoms with Gasteiger partial charge in [-0.05, 0) is 74.2 Å². The van der Waals surface area contributed by atoms with Gasteiger partial charge in [-0.15, -0.1) is 4.91 Å². The van der Waals surface area contributed by atoms with Crippen LogP contribution < -0.4 is 9.47 Å². The summed E-state index contributed by atoms with van der Waals surface area (Å²) in [5.41, 5.74) is 4.38. The number of hydrogen-bond donors (Lipinski definition) is 1. The minimum atomic E-state index is -0.162. The predicted molar refractivity (Wildman–Crippen MR) is 101 cm³/mol. The number of nitrogens with zero attached hydrogens (tertiary/aromatic N) is 1. The summed E-state index contributed by atoms with van der Waals surface area (Å²) < 4.78 is 12.1. The molecule has 2 aromatic rings. The number of hydrogen-bond acceptors (Lipinski definition) is 5. The molecule has 0 spiro atoms. The topological polar surface area (TPSA) is 68.1 Å². The molecule has 0 aliphatic carbocycles. The van der Waals surface area contributed by atoms with Crippen molar-refractivity contribution in [1.82, 2.24) is 0 Å². The number of rotatable bonds is 2. The Labute approximate surface area is 152 Å². The van der Waals surface area contributed by atoms with E-state index in [-0.39, 0.29) is 17.0 Å². The van der Waals surface area contributed by atoms with Gasteiger partial charge in [0.1, 0.15) is 35.1 Å². The summed E-state index contributed by atoms with van der Waals surface area (Å²) in [7, 11) is 0. The van der Waals surface area contributed by atoms with Gasteiger partial charge >= 0.3 is 0 Å². The van der Waals surface area contributed by atoms with Crippen molar-refractivity contribution in [2.75, 3.05) is 6.61 Å². The molecule has 0 saturated heterocycles. The fourth-order valence-corrected chi connectivity index (χ4v) is 3.57. The van der Waals surface area contributed by atoms with Crippen LogP contribution >= 0.6 is 0 Å². The van der Waals surface area contributed by atoms with Gasteiger partial charge in [0, 0.05) is 22.8 Å². The number of aryl methyl sites for hydroxylation is 1. The Morgan fingerprint density at radius 1 is 1.23 bits per heavy atom. The monoisotopic (exact) mass is 351 g/mol. The Bertz CT molecular complexity index is 944. The number of nitroso groups, excluding NO2 is 1. The molecule has 4 rings (SSSR count). The molecule has 0 aromatic heterocycles. The van der Waals surface area contributed by atoms with Gasteiger partial charge in [0.15, 0.2) is 0 Å². The summed E-state index contributed by atoms with van der Waals surface area (Å²) in [5.74, 6) is 1.81. The lowest BCUT2D eigenvalue weighted by atomic mass is 9.90. The molecule has 0 atom stereocenters. The molecule has 0 saturated carbocycles. The average Bonchev–Trinajstić information content (AvgIpc) is 2.62. The SMILES string of the molecule is Cc1cc(C2=Cc3ccc4c(c3OC2)CCC(C)(C)O4)c(N=O)cc1O. The van der Waals surface area contributed by atoms with E-state index in [1.807, 2.05) is 18.2 Å². The highest BCUT2D eigenvalue weighted by Crippen LogP contribution is 2.44. The quantitative estimate of drug-likeness (QED) is 0.761. The van der Waals surface area contributed by atoms with Gasteiger partial charge in [-0.2, -0.15) is 0 Å². The van der Waals surface area contributed by atoms with Gasteiger partial charge in [0.25, 0.3) is 0 Å². The fourth-order valence-electron chi connectivity index (χ4n) is 3.57. The highest BCUT2D eigenvalue weighted by Gasteiger charge is 2.30. The number of aromatic hydroxyl groups is 1. The molecule has 0 radical (unpaired) electrons. The summed E-state index contributed by atoms with van der Waals surface area (Å²) in [5, 5.41) is 12.9. The standard InChI is InChI=1S/C21H21NO4/c1-12-8-16(17(22-24)10-18(12)23)14-9-13-4-5-19-15(20(13)25-11-14)6-7-21(2,3)26-19/h4-5,8-10,23H,6-7,11H2,1-3H3. The lowest BCUT2D eigenvalue weighted by molar-refractivity contribution is 0.0834. The Balaban J connectivity index is 1.78. The van der Waals surface area contributed by atoms with Gasteiger partial charge in [-0.25, -0.2) is 0 Å². The molecule has 134 valence electrons. The van der Waals surface area contributed by atoms with Crippen LogP contribution in [-0.2, 0) is 6.42 Å². The van der Waals surface area contributed by atoms with E-state index in [4.69, 9.17) is 9.47 Å². The van der Waals surface area contributed by atoms with E-state index in [0.717, 1.165) is 41.0 Å². The van der Waals surface area contributed by atoms with Crippen molar-refractivity contribution in [2.24, 2.45) is 5.18 Å². The van der Waals surface area contributed by atoms with E-state index in [2.05, 4.69) is 19.0 Å². The fraction of sp³-hybridized carbons (Fsp3) is 0.333. The van der Waals surface area contributed by atoms with E-state index in [9.17, 15) is 10.0 Å². The van der Waals surface area contributed by atoms with Crippen LogP contribution in [0.5, 0.6) is 17.2 Å². The molecule has 5 nitrogen and oxygen atoms in total. The predicted octanol–water partition coefficient (Wildman–Crippen LogP) is 5.14. The van der Waals surface area contributed by atoms with E-state index in [0.29, 0.717) is 17.7 Å². The smallest absolute Gasteiger partial charge is 0.133 e. The molecule has 0 fully saturated rings. The lowest BCUT2D eigenvalue weighted by Crippen LogP contribution is -2.33. The molecule has 2 aliphatic heterocycles.